The van der Waals surface area contributed by atoms with Crippen LogP contribution in [0, 0.1) is 5.92 Å². The van der Waals surface area contributed by atoms with E-state index in [1.807, 2.05) is 9.85 Å². The van der Waals surface area contributed by atoms with E-state index in [2.05, 4.69) is 89.3 Å². The summed E-state index contributed by atoms with van der Waals surface area (Å²) >= 11 is -2.98. The summed E-state index contributed by atoms with van der Waals surface area (Å²) in [5, 5.41) is 1.38. The summed E-state index contributed by atoms with van der Waals surface area (Å²) in [5.41, 5.74) is 10.8. The van der Waals surface area contributed by atoms with E-state index in [1.165, 1.54) is 53.1 Å². The van der Waals surface area contributed by atoms with Crippen molar-refractivity contribution in [3.63, 3.8) is 0 Å². The van der Waals surface area contributed by atoms with Crippen molar-refractivity contribution in [3.8, 4) is 0 Å². The van der Waals surface area contributed by atoms with Crippen molar-refractivity contribution in [1.82, 2.24) is 0 Å². The van der Waals surface area contributed by atoms with E-state index in [9.17, 15) is 0 Å². The molecule has 1 aromatic rings. The Morgan fingerprint density at radius 2 is 1.75 bits per heavy atom. The van der Waals surface area contributed by atoms with Crippen LogP contribution in [-0.4, -0.2) is 15.0 Å². The van der Waals surface area contributed by atoms with Crippen LogP contribution in [0.15, 0.2) is 97.0 Å². The number of benzene rings is 1. The molecule has 0 fully saturated rings. The van der Waals surface area contributed by atoms with E-state index in [0.717, 1.165) is 12.8 Å². The van der Waals surface area contributed by atoms with E-state index in [0.29, 0.717) is 5.92 Å². The van der Waals surface area contributed by atoms with E-state index < -0.39 is 19.1 Å². The molecule has 3 aliphatic carbocycles. The molecule has 0 nitrogen and oxygen atoms in total. The summed E-state index contributed by atoms with van der Waals surface area (Å²) in [6.07, 6.45) is 11.3. The van der Waals surface area contributed by atoms with E-state index in [-0.39, 0.29) is 5.41 Å². The predicted molar refractivity (Wildman–Crippen MR) is 141 cm³/mol. The van der Waals surface area contributed by atoms with Crippen LogP contribution in [0.3, 0.4) is 0 Å². The molecule has 0 saturated heterocycles. The Bertz CT molecular complexity index is 1160. The molecule has 4 heteroatoms. The van der Waals surface area contributed by atoms with E-state index >= 15 is 0 Å². The van der Waals surface area contributed by atoms with Crippen LogP contribution in [0.25, 0.3) is 0 Å². The maximum absolute atomic E-state index is 7.00. The van der Waals surface area contributed by atoms with Crippen LogP contribution < -0.4 is 0 Å². The molecule has 3 aliphatic rings. The molecule has 1 aromatic carbocycles. The van der Waals surface area contributed by atoms with Gasteiger partial charge in [0.1, 0.15) is 0 Å². The quantitative estimate of drug-likeness (QED) is 0.292. The monoisotopic (exact) mass is 645 g/mol. The summed E-state index contributed by atoms with van der Waals surface area (Å²) < 4.78 is 1.32. The standard InChI is InChI=1S/C28H31Si.2ClH.Hf/c1-6-21-16-18(3)27(20(21)5)28(23-12-9-8-10-13-23)25-17-22(7-2)19(4)24(25)14-11-15-26(28)29;;;/h8-16,20H,6-7,29H2,1-5H3;2*1H;/q;;;+2/p-2. The molecule has 0 amide bonds. The second-order valence-electron chi connectivity index (χ2n) is 8.94. The first-order valence-electron chi connectivity index (χ1n) is 11.5. The van der Waals surface area contributed by atoms with Crippen molar-refractivity contribution >= 4 is 32.2 Å². The number of hydrogen-bond acceptors (Lipinski definition) is 0. The average molecular weight is 645 g/mol. The minimum atomic E-state index is -2.98. The van der Waals surface area contributed by atoms with Gasteiger partial charge in [-0.05, 0) is 0 Å². The van der Waals surface area contributed by atoms with Gasteiger partial charge >= 0.3 is 213 Å². The van der Waals surface area contributed by atoms with Crippen LogP contribution in [0.5, 0.6) is 0 Å². The van der Waals surface area contributed by atoms with Gasteiger partial charge in [-0.15, -0.1) is 0 Å². The Balaban J connectivity index is 2.19. The normalized spacial score (nSPS) is 25.3. The zero-order valence-electron chi connectivity index (χ0n) is 19.7. The average Bonchev–Trinajstić information content (AvgIpc) is 3.17. The molecule has 0 saturated carbocycles. The van der Waals surface area contributed by atoms with Crippen molar-refractivity contribution < 1.29 is 19.1 Å². The van der Waals surface area contributed by atoms with Gasteiger partial charge in [0.25, 0.3) is 0 Å². The van der Waals surface area contributed by atoms with Crippen molar-refractivity contribution in [2.75, 3.05) is 0 Å². The Morgan fingerprint density at radius 3 is 2.31 bits per heavy atom. The summed E-state index contributed by atoms with van der Waals surface area (Å²) in [4.78, 5) is 0. The van der Waals surface area contributed by atoms with Crippen LogP contribution in [-0.2, 0) is 24.5 Å². The van der Waals surface area contributed by atoms with Gasteiger partial charge in [-0.3, -0.25) is 0 Å². The van der Waals surface area contributed by atoms with Gasteiger partial charge in [0, 0.05) is 0 Å². The van der Waals surface area contributed by atoms with Gasteiger partial charge in [0.15, 0.2) is 0 Å². The third kappa shape index (κ3) is 3.52. The zero-order chi connectivity index (χ0) is 23.2. The molecular weight excluding hydrogens is 614 g/mol. The third-order valence-corrected chi connectivity index (χ3v) is 14.7. The molecular formula is C28H31Cl2HfSi. The molecule has 32 heavy (non-hydrogen) atoms. The Labute approximate surface area is 211 Å². The number of halogens is 2. The van der Waals surface area contributed by atoms with Gasteiger partial charge in [0.2, 0.25) is 0 Å². The van der Waals surface area contributed by atoms with Crippen molar-refractivity contribution in [3.05, 3.63) is 103 Å². The number of allylic oxidation sites excluding steroid dienone is 12. The number of fused-ring (bicyclic) bond motifs is 1. The van der Waals surface area contributed by atoms with Crippen molar-refractivity contribution in [2.24, 2.45) is 5.92 Å². The van der Waals surface area contributed by atoms with Gasteiger partial charge in [0.05, 0.1) is 0 Å². The van der Waals surface area contributed by atoms with Gasteiger partial charge in [-0.1, -0.05) is 0 Å². The van der Waals surface area contributed by atoms with E-state index in [1.54, 1.807) is 0 Å². The second kappa shape index (κ2) is 9.45. The number of rotatable bonds is 5. The fraction of sp³-hybridized carbons (Fsp3) is 0.321. The minimum absolute atomic E-state index is 0.345. The second-order valence-corrected chi connectivity index (χ2v) is 21.1. The SMILES string of the molecule is CCC1=CC(C)=C(C2(c3ccccc3)C(=[SiH2])C=CC=C3C(C)=C(CC)[C]([Hf]([Cl])[Cl])=C32)C1C. The van der Waals surface area contributed by atoms with Crippen LogP contribution in [0.2, 0.25) is 0 Å². The Morgan fingerprint density at radius 1 is 1.06 bits per heavy atom. The summed E-state index contributed by atoms with van der Waals surface area (Å²) in [6, 6.07) is 11.1. The molecule has 0 aliphatic heterocycles. The molecule has 2 atom stereocenters. The number of hydrogen-bond donors (Lipinski definition) is 0. The Hall–Kier alpha value is -0.803. The Kier molecular flexibility index (Phi) is 7.18. The molecule has 165 valence electrons. The molecule has 0 spiro atoms. The van der Waals surface area contributed by atoms with Crippen LogP contribution in [0.1, 0.15) is 53.0 Å². The van der Waals surface area contributed by atoms with E-state index in [4.69, 9.17) is 17.2 Å². The summed E-state index contributed by atoms with van der Waals surface area (Å²) in [5.74, 6) is 0.382. The van der Waals surface area contributed by atoms with Gasteiger partial charge < -0.3 is 0 Å². The fourth-order valence-electron chi connectivity index (χ4n) is 6.14. The van der Waals surface area contributed by atoms with Gasteiger partial charge in [-0.2, -0.15) is 0 Å². The topological polar surface area (TPSA) is 0 Å². The third-order valence-electron chi connectivity index (χ3n) is 7.47. The predicted octanol–water partition coefficient (Wildman–Crippen LogP) is 7.45. The van der Waals surface area contributed by atoms with Crippen LogP contribution in [0.4, 0.5) is 0 Å². The van der Waals surface area contributed by atoms with Crippen molar-refractivity contribution in [1.29, 1.82) is 0 Å². The maximum atomic E-state index is 7.00. The summed E-state index contributed by atoms with van der Waals surface area (Å²) in [7, 11) is 16.0. The molecule has 4 rings (SSSR count). The zero-order valence-corrected chi connectivity index (χ0v) is 26.2. The fourth-order valence-corrected chi connectivity index (χ4v) is 14.2. The first-order valence-corrected chi connectivity index (χ1v) is 22.9. The first-order chi connectivity index (χ1) is 15.3. The molecule has 2 unspecified atom stereocenters. The van der Waals surface area contributed by atoms with Gasteiger partial charge in [-0.25, -0.2) is 0 Å². The molecule has 0 heterocycles. The van der Waals surface area contributed by atoms with Crippen LogP contribution >= 0.6 is 17.2 Å². The molecule has 0 N–H and O–H groups in total. The molecule has 0 radical (unpaired) electrons. The van der Waals surface area contributed by atoms with Crippen molar-refractivity contribution in [2.45, 2.75) is 52.9 Å². The molecule has 0 aromatic heterocycles. The summed E-state index contributed by atoms with van der Waals surface area (Å²) in [6.45, 7) is 11.5. The first kappa shape index (κ1) is 24.3. The molecule has 0 bridgehead atoms.